The maximum atomic E-state index is 10.7. The first kappa shape index (κ1) is 16.0. The van der Waals surface area contributed by atoms with Crippen LogP contribution in [0.4, 0.5) is 0 Å². The van der Waals surface area contributed by atoms with E-state index >= 15 is 0 Å². The molecule has 0 aliphatic carbocycles. The molecule has 0 aromatic heterocycles. The molecule has 0 heterocycles. The number of nitrogens with one attached hydrogen (secondary N) is 1. The van der Waals surface area contributed by atoms with Crippen LogP contribution in [0.15, 0.2) is 66.7 Å². The Hall–Kier alpha value is -2.85. The van der Waals surface area contributed by atoms with E-state index in [4.69, 9.17) is 10.5 Å². The number of carbonyl (C=O) groups is 1. The van der Waals surface area contributed by atoms with Crippen LogP contribution in [0.2, 0.25) is 0 Å². The Morgan fingerprint density at radius 1 is 0.917 bits per heavy atom. The van der Waals surface area contributed by atoms with Gasteiger partial charge in [0.15, 0.2) is 6.61 Å². The second kappa shape index (κ2) is 7.62. The van der Waals surface area contributed by atoms with Crippen molar-refractivity contribution in [2.45, 2.75) is 13.1 Å². The first-order valence-corrected chi connectivity index (χ1v) is 7.90. The van der Waals surface area contributed by atoms with Gasteiger partial charge >= 0.3 is 0 Å². The summed E-state index contributed by atoms with van der Waals surface area (Å²) in [6.45, 7) is 1.47. The van der Waals surface area contributed by atoms with E-state index < -0.39 is 5.91 Å². The maximum absolute atomic E-state index is 10.7. The highest BCUT2D eigenvalue weighted by Crippen LogP contribution is 2.18. The largest absolute Gasteiger partial charge is 0.484 e. The summed E-state index contributed by atoms with van der Waals surface area (Å²) in [4.78, 5) is 10.7. The molecule has 0 aliphatic heterocycles. The Kier molecular flexibility index (Phi) is 5.08. The molecule has 1 amide bonds. The van der Waals surface area contributed by atoms with E-state index in [-0.39, 0.29) is 6.61 Å². The van der Waals surface area contributed by atoms with Gasteiger partial charge in [-0.25, -0.2) is 0 Å². The van der Waals surface area contributed by atoms with Gasteiger partial charge < -0.3 is 15.8 Å². The van der Waals surface area contributed by atoms with Gasteiger partial charge in [-0.2, -0.15) is 0 Å². The molecule has 3 aromatic carbocycles. The van der Waals surface area contributed by atoms with Gasteiger partial charge in [0, 0.05) is 13.1 Å². The van der Waals surface area contributed by atoms with E-state index in [9.17, 15) is 4.79 Å². The lowest BCUT2D eigenvalue weighted by molar-refractivity contribution is -0.119. The molecule has 4 nitrogen and oxygen atoms in total. The molecule has 0 unspecified atom stereocenters. The molecule has 0 saturated heterocycles. The molecule has 0 fully saturated rings. The first-order valence-electron chi connectivity index (χ1n) is 7.90. The van der Waals surface area contributed by atoms with Gasteiger partial charge in [0.2, 0.25) is 0 Å². The third kappa shape index (κ3) is 4.12. The molecule has 0 radical (unpaired) electrons. The molecule has 0 bridgehead atoms. The molecular weight excluding hydrogens is 300 g/mol. The van der Waals surface area contributed by atoms with Crippen molar-refractivity contribution in [3.05, 3.63) is 77.9 Å². The normalized spacial score (nSPS) is 10.7. The van der Waals surface area contributed by atoms with Crippen molar-refractivity contribution in [1.29, 1.82) is 0 Å². The Bertz CT molecular complexity index is 823. The van der Waals surface area contributed by atoms with Crippen LogP contribution in [-0.2, 0) is 17.9 Å². The quantitative estimate of drug-likeness (QED) is 0.703. The van der Waals surface area contributed by atoms with Crippen LogP contribution >= 0.6 is 0 Å². The fourth-order valence-electron chi connectivity index (χ4n) is 2.65. The number of hydrogen-bond acceptors (Lipinski definition) is 3. The Morgan fingerprint density at radius 3 is 2.46 bits per heavy atom. The van der Waals surface area contributed by atoms with Gasteiger partial charge in [-0.1, -0.05) is 54.6 Å². The predicted molar refractivity (Wildman–Crippen MR) is 95.6 cm³/mol. The van der Waals surface area contributed by atoms with Gasteiger partial charge in [-0.05, 0) is 34.0 Å². The van der Waals surface area contributed by atoms with E-state index in [1.54, 1.807) is 0 Å². The van der Waals surface area contributed by atoms with Crippen molar-refractivity contribution in [3.8, 4) is 5.75 Å². The number of carbonyl (C=O) groups excluding carboxylic acids is 1. The van der Waals surface area contributed by atoms with Crippen LogP contribution in [0.3, 0.4) is 0 Å². The fraction of sp³-hybridized carbons (Fsp3) is 0.150. The zero-order chi connectivity index (χ0) is 16.8. The summed E-state index contributed by atoms with van der Waals surface area (Å²) in [5, 5.41) is 6.00. The SMILES string of the molecule is NC(=O)COc1ccc(CNCc2cccc3ccccc23)cc1. The molecule has 24 heavy (non-hydrogen) atoms. The molecular formula is C20H20N2O2. The second-order valence-corrected chi connectivity index (χ2v) is 5.64. The molecule has 3 aromatic rings. The van der Waals surface area contributed by atoms with E-state index in [0.29, 0.717) is 5.75 Å². The summed E-state index contributed by atoms with van der Waals surface area (Å²) in [5.41, 5.74) is 7.50. The zero-order valence-corrected chi connectivity index (χ0v) is 13.4. The lowest BCUT2D eigenvalue weighted by atomic mass is 10.0. The average Bonchev–Trinajstić information content (AvgIpc) is 2.61. The van der Waals surface area contributed by atoms with E-state index in [1.165, 1.54) is 16.3 Å². The summed E-state index contributed by atoms with van der Waals surface area (Å²) >= 11 is 0. The summed E-state index contributed by atoms with van der Waals surface area (Å²) in [5.74, 6) is 0.169. The summed E-state index contributed by atoms with van der Waals surface area (Å²) in [6, 6.07) is 22.4. The van der Waals surface area contributed by atoms with Crippen molar-refractivity contribution in [2.75, 3.05) is 6.61 Å². The lowest BCUT2D eigenvalue weighted by Crippen LogP contribution is -2.20. The van der Waals surface area contributed by atoms with Gasteiger partial charge in [-0.15, -0.1) is 0 Å². The number of rotatable bonds is 7. The molecule has 3 rings (SSSR count). The average molecular weight is 320 g/mol. The highest BCUT2D eigenvalue weighted by Gasteiger charge is 2.01. The lowest BCUT2D eigenvalue weighted by Gasteiger charge is -2.09. The number of fused-ring (bicyclic) bond motifs is 1. The van der Waals surface area contributed by atoms with Gasteiger partial charge in [0.25, 0.3) is 5.91 Å². The Labute approximate surface area is 141 Å². The minimum atomic E-state index is -0.476. The van der Waals surface area contributed by atoms with Gasteiger partial charge in [0.1, 0.15) is 5.75 Å². The number of benzene rings is 3. The monoisotopic (exact) mass is 320 g/mol. The number of hydrogen-bond donors (Lipinski definition) is 2. The highest BCUT2D eigenvalue weighted by atomic mass is 16.5. The zero-order valence-electron chi connectivity index (χ0n) is 13.4. The van der Waals surface area contributed by atoms with Crippen molar-refractivity contribution >= 4 is 16.7 Å². The first-order chi connectivity index (χ1) is 11.7. The molecule has 0 spiro atoms. The number of amides is 1. The molecule has 3 N–H and O–H groups in total. The molecule has 122 valence electrons. The van der Waals surface area contributed by atoms with Crippen LogP contribution < -0.4 is 15.8 Å². The predicted octanol–water partition coefficient (Wildman–Crippen LogP) is 2.99. The third-order valence-electron chi connectivity index (χ3n) is 3.83. The number of ether oxygens (including phenoxy) is 1. The molecule has 0 atom stereocenters. The van der Waals surface area contributed by atoms with Crippen LogP contribution in [0.25, 0.3) is 10.8 Å². The van der Waals surface area contributed by atoms with E-state index in [1.807, 2.05) is 24.3 Å². The standard InChI is InChI=1S/C20H20N2O2/c21-20(23)14-24-18-10-8-15(9-11-18)12-22-13-17-6-3-5-16-4-1-2-7-19(16)17/h1-11,22H,12-14H2,(H2,21,23). The number of nitrogens with two attached hydrogens (primary N) is 1. The summed E-state index contributed by atoms with van der Waals surface area (Å²) in [7, 11) is 0. The topological polar surface area (TPSA) is 64.4 Å². The fourth-order valence-corrected chi connectivity index (χ4v) is 2.65. The number of primary amides is 1. The Morgan fingerprint density at radius 2 is 1.67 bits per heavy atom. The maximum Gasteiger partial charge on any atom is 0.255 e. The van der Waals surface area contributed by atoms with E-state index in [2.05, 4.69) is 47.8 Å². The third-order valence-corrected chi connectivity index (χ3v) is 3.83. The van der Waals surface area contributed by atoms with Crippen LogP contribution in [0.1, 0.15) is 11.1 Å². The van der Waals surface area contributed by atoms with Crippen molar-refractivity contribution < 1.29 is 9.53 Å². The van der Waals surface area contributed by atoms with Crippen molar-refractivity contribution in [2.24, 2.45) is 5.73 Å². The molecule has 0 saturated carbocycles. The van der Waals surface area contributed by atoms with Gasteiger partial charge in [0.05, 0.1) is 0 Å². The second-order valence-electron chi connectivity index (χ2n) is 5.64. The highest BCUT2D eigenvalue weighted by molar-refractivity contribution is 5.85. The van der Waals surface area contributed by atoms with Gasteiger partial charge in [-0.3, -0.25) is 4.79 Å². The minimum Gasteiger partial charge on any atom is -0.484 e. The van der Waals surface area contributed by atoms with Crippen LogP contribution in [0, 0.1) is 0 Å². The van der Waals surface area contributed by atoms with Crippen LogP contribution in [0.5, 0.6) is 5.75 Å². The molecule has 4 heteroatoms. The van der Waals surface area contributed by atoms with E-state index in [0.717, 1.165) is 18.7 Å². The Balaban J connectivity index is 1.57. The smallest absolute Gasteiger partial charge is 0.255 e. The van der Waals surface area contributed by atoms with Crippen molar-refractivity contribution in [3.63, 3.8) is 0 Å². The van der Waals surface area contributed by atoms with Crippen molar-refractivity contribution in [1.82, 2.24) is 5.32 Å². The minimum absolute atomic E-state index is 0.0985. The van der Waals surface area contributed by atoms with Crippen LogP contribution in [-0.4, -0.2) is 12.5 Å². The summed E-state index contributed by atoms with van der Waals surface area (Å²) < 4.78 is 5.25. The summed E-state index contributed by atoms with van der Waals surface area (Å²) in [6.07, 6.45) is 0. The molecule has 0 aliphatic rings.